The smallest absolute Gasteiger partial charge is 0.333 e. The highest BCUT2D eigenvalue weighted by Gasteiger charge is 2.37. The second-order valence-corrected chi connectivity index (χ2v) is 12.2. The van der Waals surface area contributed by atoms with Crippen molar-refractivity contribution in [2.45, 2.75) is 57.6 Å². The lowest BCUT2D eigenvalue weighted by Gasteiger charge is -2.36. The molecule has 4 heterocycles. The fourth-order valence-corrected chi connectivity index (χ4v) is 5.23. The van der Waals surface area contributed by atoms with Gasteiger partial charge in [0.25, 0.3) is 47.3 Å². The van der Waals surface area contributed by atoms with Crippen molar-refractivity contribution in [1.29, 1.82) is 0 Å². The Hall–Kier alpha value is -6.85. The molecule has 24 heteroatoms. The fourth-order valence-electron chi connectivity index (χ4n) is 5.23. The molecule has 0 aromatic heterocycles. The third-order valence-corrected chi connectivity index (χ3v) is 8.12. The van der Waals surface area contributed by atoms with E-state index >= 15 is 0 Å². The minimum absolute atomic E-state index is 0.0930. The summed E-state index contributed by atoms with van der Waals surface area (Å²) in [6.07, 6.45) is 0.769. The molecule has 0 spiro atoms. The molecule has 4 aliphatic rings. The van der Waals surface area contributed by atoms with Gasteiger partial charge in [-0.2, -0.15) is 0 Å². The molecule has 0 aromatic carbocycles. The van der Waals surface area contributed by atoms with Gasteiger partial charge in [-0.15, -0.1) is 10.1 Å². The van der Waals surface area contributed by atoms with Gasteiger partial charge in [0.05, 0.1) is 0 Å². The first-order valence-electron chi connectivity index (χ1n) is 17.0. The summed E-state index contributed by atoms with van der Waals surface area (Å²) in [7, 11) is 0. The van der Waals surface area contributed by atoms with E-state index in [4.69, 9.17) is 9.68 Å². The van der Waals surface area contributed by atoms with E-state index < -0.39 is 109 Å². The molecule has 0 aromatic rings. The molecule has 0 aliphatic carbocycles. The van der Waals surface area contributed by atoms with E-state index in [9.17, 15) is 67.4 Å². The minimum atomic E-state index is -1.57. The number of aliphatic hydroxyl groups excluding tert-OH is 1. The van der Waals surface area contributed by atoms with Gasteiger partial charge in [0.1, 0.15) is 32.4 Å². The Kier molecular flexibility index (Phi) is 14.2. The molecule has 1 unspecified atom stereocenters. The average molecular weight is 789 g/mol. The van der Waals surface area contributed by atoms with Crippen molar-refractivity contribution in [3.63, 3.8) is 0 Å². The summed E-state index contributed by atoms with van der Waals surface area (Å²) in [6.45, 7) is -4.49. The number of nitrogens with zero attached hydrogens (tertiary/aromatic N) is 6. The highest BCUT2D eigenvalue weighted by molar-refractivity contribution is 6.14. The van der Waals surface area contributed by atoms with Crippen molar-refractivity contribution in [3.05, 3.63) is 24.3 Å². The fraction of sp³-hybridized carbons (Fsp3) is 0.469. The Morgan fingerprint density at radius 1 is 0.625 bits per heavy atom. The van der Waals surface area contributed by atoms with E-state index in [0.717, 1.165) is 24.3 Å². The number of carbonyl (C=O) groups is 13. The number of carbonyl (C=O) groups excluding carboxylic acids is 13. The summed E-state index contributed by atoms with van der Waals surface area (Å²) >= 11 is 0. The molecule has 0 bridgehead atoms. The Bertz CT molecular complexity index is 1740. The van der Waals surface area contributed by atoms with Crippen LogP contribution in [0.25, 0.3) is 0 Å². The Morgan fingerprint density at radius 3 is 1.43 bits per heavy atom. The summed E-state index contributed by atoms with van der Waals surface area (Å²) in [5.41, 5.74) is 0. The summed E-state index contributed by atoms with van der Waals surface area (Å²) in [5.74, 6) is -11.7. The zero-order chi connectivity index (χ0) is 41.1. The maximum absolute atomic E-state index is 13.7. The second-order valence-electron chi connectivity index (χ2n) is 12.2. The summed E-state index contributed by atoms with van der Waals surface area (Å²) in [4.78, 5) is 172. The van der Waals surface area contributed by atoms with Gasteiger partial charge in [-0.25, -0.2) is 19.6 Å². The van der Waals surface area contributed by atoms with Gasteiger partial charge in [0.2, 0.25) is 17.7 Å². The zero-order valence-electron chi connectivity index (χ0n) is 29.5. The van der Waals surface area contributed by atoms with Gasteiger partial charge in [0.15, 0.2) is 0 Å². The van der Waals surface area contributed by atoms with Crippen molar-refractivity contribution >= 4 is 76.9 Å². The van der Waals surface area contributed by atoms with Crippen LogP contribution in [0.1, 0.15) is 51.4 Å². The highest BCUT2D eigenvalue weighted by Crippen LogP contribution is 2.15. The van der Waals surface area contributed by atoms with Gasteiger partial charge >= 0.3 is 11.9 Å². The van der Waals surface area contributed by atoms with Gasteiger partial charge in [0, 0.05) is 69.8 Å². The maximum Gasteiger partial charge on any atom is 0.333 e. The van der Waals surface area contributed by atoms with Crippen LogP contribution in [0.2, 0.25) is 0 Å². The van der Waals surface area contributed by atoms with Crippen LogP contribution in [-0.4, -0.2) is 157 Å². The average Bonchev–Trinajstić information content (AvgIpc) is 3.86. The molecule has 2 fully saturated rings. The van der Waals surface area contributed by atoms with Crippen LogP contribution in [0.15, 0.2) is 24.3 Å². The van der Waals surface area contributed by atoms with Crippen LogP contribution < -0.4 is 10.6 Å². The third-order valence-electron chi connectivity index (χ3n) is 8.12. The number of hydrogen-bond acceptors (Lipinski definition) is 16. The number of hydrazine groups is 1. The van der Waals surface area contributed by atoms with Gasteiger partial charge in [-0.1, -0.05) is 0 Å². The number of hydroxylamine groups is 4. The molecular formula is C32H36N8O16. The standard InChI is InChI=1S/C32H36N8O16/c41-19(33-13-1-3-31(53)55-39-25(47)9-10-26(39)48)15-37(29(51)17-35-21(43)5-6-22(35)44)38(30(52)18-36-23(45)7-8-24(36)46)16-20(42)34-14-2-4-32(54)56-40-27(49)11-12-28(40)50/h5-8,21,43H,1-4,9-18H2,(H,33,41)(H,34,42). The minimum Gasteiger partial charge on any atom is -0.370 e. The molecule has 3 N–H and O–H groups in total. The van der Waals surface area contributed by atoms with E-state index in [-0.39, 0.29) is 64.5 Å². The summed E-state index contributed by atoms with van der Waals surface area (Å²) in [5, 5.41) is 16.5. The van der Waals surface area contributed by atoms with Gasteiger partial charge < -0.3 is 30.3 Å². The monoisotopic (exact) mass is 788 g/mol. The predicted molar refractivity (Wildman–Crippen MR) is 175 cm³/mol. The first kappa shape index (κ1) is 41.9. The number of aliphatic hydroxyl groups is 1. The largest absolute Gasteiger partial charge is 0.370 e. The number of imide groups is 3. The maximum atomic E-state index is 13.7. The SMILES string of the molecule is O=C(CN(C(=O)CN1C(=O)C=CC1=O)N(CC(=O)NCCCC(=O)ON1C(=O)CCC1=O)C(=O)CN1C(=O)C=CC1O)NCCCC(=O)ON1C(=O)CCC1=O. The van der Waals surface area contributed by atoms with Gasteiger partial charge in [-0.3, -0.25) is 57.6 Å². The molecule has 24 nitrogen and oxygen atoms in total. The number of rotatable bonds is 18. The number of amides is 11. The van der Waals surface area contributed by atoms with Crippen molar-refractivity contribution in [2.75, 3.05) is 39.3 Å². The molecule has 4 aliphatic heterocycles. The van der Waals surface area contributed by atoms with Crippen LogP contribution in [0.4, 0.5) is 0 Å². The molecule has 2 saturated heterocycles. The molecule has 1 atom stereocenters. The van der Waals surface area contributed by atoms with Crippen LogP contribution in [0, 0.1) is 0 Å². The Balaban J connectivity index is 1.43. The third kappa shape index (κ3) is 11.1. The van der Waals surface area contributed by atoms with Crippen LogP contribution in [-0.2, 0) is 72.0 Å². The first-order valence-corrected chi connectivity index (χ1v) is 17.0. The number of hydrogen-bond donors (Lipinski definition) is 3. The predicted octanol–water partition coefficient (Wildman–Crippen LogP) is -4.79. The number of nitrogens with one attached hydrogen (secondary N) is 2. The lowest BCUT2D eigenvalue weighted by Crippen LogP contribution is -2.60. The summed E-state index contributed by atoms with van der Waals surface area (Å²) < 4.78 is 0. The normalized spacial score (nSPS) is 17.7. The van der Waals surface area contributed by atoms with Crippen LogP contribution >= 0.6 is 0 Å². The molecule has 56 heavy (non-hydrogen) atoms. The van der Waals surface area contributed by atoms with E-state index in [1.807, 2.05) is 0 Å². The lowest BCUT2D eigenvalue weighted by atomic mass is 10.3. The topological polar surface area (TPSA) is 304 Å². The second kappa shape index (κ2) is 19.0. The quantitative estimate of drug-likeness (QED) is 0.0667. The van der Waals surface area contributed by atoms with Crippen LogP contribution in [0.5, 0.6) is 0 Å². The van der Waals surface area contributed by atoms with Crippen LogP contribution in [0.3, 0.4) is 0 Å². The Morgan fingerprint density at radius 2 is 1.04 bits per heavy atom. The molecular weight excluding hydrogens is 752 g/mol. The van der Waals surface area contributed by atoms with E-state index in [0.29, 0.717) is 29.9 Å². The van der Waals surface area contributed by atoms with Gasteiger partial charge in [-0.05, 0) is 18.9 Å². The molecule has 11 amide bonds. The van der Waals surface area contributed by atoms with E-state index in [2.05, 4.69) is 10.6 Å². The van der Waals surface area contributed by atoms with E-state index in [1.54, 1.807) is 0 Å². The van der Waals surface area contributed by atoms with E-state index in [1.165, 1.54) is 0 Å². The molecule has 4 rings (SSSR count). The first-order chi connectivity index (χ1) is 26.5. The van der Waals surface area contributed by atoms with Crippen molar-refractivity contribution < 1.29 is 77.1 Å². The van der Waals surface area contributed by atoms with Crippen molar-refractivity contribution in [2.24, 2.45) is 0 Å². The highest BCUT2D eigenvalue weighted by atomic mass is 16.7. The molecule has 0 saturated carbocycles. The molecule has 0 radical (unpaired) electrons. The Labute approximate surface area is 315 Å². The molecule has 300 valence electrons. The zero-order valence-corrected chi connectivity index (χ0v) is 29.5. The summed E-state index contributed by atoms with van der Waals surface area (Å²) in [6, 6.07) is 0. The van der Waals surface area contributed by atoms with Crippen molar-refractivity contribution in [3.8, 4) is 0 Å². The lowest BCUT2D eigenvalue weighted by molar-refractivity contribution is -0.197. The van der Waals surface area contributed by atoms with Crippen molar-refractivity contribution in [1.82, 2.24) is 40.6 Å².